The summed E-state index contributed by atoms with van der Waals surface area (Å²) in [6, 6.07) is 9.25. The molecule has 1 saturated heterocycles. The summed E-state index contributed by atoms with van der Waals surface area (Å²) >= 11 is 12.9. The molecule has 1 heterocycles. The molecule has 0 atom stereocenters. The van der Waals surface area contributed by atoms with E-state index >= 15 is 0 Å². The van der Waals surface area contributed by atoms with Gasteiger partial charge in [-0.3, -0.25) is 10.1 Å². The molecule has 0 bridgehead atoms. The number of carbonyl (C=O) groups is 3. The molecular weight excluding hydrogens is 505 g/mol. The second kappa shape index (κ2) is 11.7. The number of nitrogens with one attached hydrogen (secondary N) is 1. The number of hydrogen-bond donors (Lipinski definition) is 1. The SMILES string of the molecule is CCOc1cc(C=N/N=C2/NC(=O)/C(=C\C(=O)OC)S2)ccc1OC(=O)c1ccc(Cl)cc1Cl. The minimum Gasteiger partial charge on any atom is -0.490 e. The van der Waals surface area contributed by atoms with Crippen molar-refractivity contribution in [1.29, 1.82) is 0 Å². The Balaban J connectivity index is 1.74. The Labute approximate surface area is 208 Å². The van der Waals surface area contributed by atoms with Crippen molar-refractivity contribution in [2.45, 2.75) is 6.92 Å². The highest BCUT2D eigenvalue weighted by Gasteiger charge is 2.25. The Kier molecular flexibility index (Phi) is 8.69. The lowest BCUT2D eigenvalue weighted by Gasteiger charge is -2.12. The van der Waals surface area contributed by atoms with E-state index in [-0.39, 0.29) is 26.4 Å². The first kappa shape index (κ1) is 25.3. The molecule has 0 unspecified atom stereocenters. The largest absolute Gasteiger partial charge is 0.490 e. The van der Waals surface area contributed by atoms with Crippen molar-refractivity contribution in [1.82, 2.24) is 5.32 Å². The molecule has 176 valence electrons. The van der Waals surface area contributed by atoms with Crippen LogP contribution in [0.25, 0.3) is 0 Å². The fourth-order valence-electron chi connectivity index (χ4n) is 2.56. The lowest BCUT2D eigenvalue weighted by atomic mass is 10.2. The summed E-state index contributed by atoms with van der Waals surface area (Å²) in [6.45, 7) is 2.11. The molecule has 1 aliphatic heterocycles. The molecule has 0 spiro atoms. The zero-order chi connectivity index (χ0) is 24.7. The Bertz CT molecular complexity index is 1230. The van der Waals surface area contributed by atoms with Crippen LogP contribution in [0, 0.1) is 0 Å². The van der Waals surface area contributed by atoms with Crippen LogP contribution in [0.3, 0.4) is 0 Å². The van der Waals surface area contributed by atoms with E-state index in [0.717, 1.165) is 17.8 Å². The first-order valence-electron chi connectivity index (χ1n) is 9.64. The first-order valence-corrected chi connectivity index (χ1v) is 11.2. The summed E-state index contributed by atoms with van der Waals surface area (Å²) in [5.74, 6) is -1.29. The van der Waals surface area contributed by atoms with Crippen LogP contribution >= 0.6 is 35.0 Å². The van der Waals surface area contributed by atoms with Crippen molar-refractivity contribution in [2.75, 3.05) is 13.7 Å². The standard InChI is InChI=1S/C22H17Cl2N3O6S/c1-3-32-17-8-12(11-25-27-22-26-20(29)18(34-22)10-19(28)31-2)4-7-16(17)33-21(30)14-6-5-13(23)9-15(14)24/h4-11H,3H2,1-2H3,(H,26,27,29)/b18-10+,25-11?. The minimum atomic E-state index is -0.666. The maximum atomic E-state index is 12.5. The third-order valence-electron chi connectivity index (χ3n) is 4.08. The Morgan fingerprint density at radius 1 is 1.15 bits per heavy atom. The molecule has 9 nitrogen and oxygen atoms in total. The van der Waals surface area contributed by atoms with E-state index in [1.54, 1.807) is 25.1 Å². The van der Waals surface area contributed by atoms with Gasteiger partial charge in [-0.05, 0) is 60.6 Å². The molecule has 2 aromatic carbocycles. The molecule has 1 fully saturated rings. The second-order valence-electron chi connectivity index (χ2n) is 6.39. The molecule has 0 saturated carbocycles. The molecule has 0 aromatic heterocycles. The van der Waals surface area contributed by atoms with Gasteiger partial charge in [0, 0.05) is 11.1 Å². The molecule has 0 aliphatic carbocycles. The van der Waals surface area contributed by atoms with Gasteiger partial charge >= 0.3 is 11.9 Å². The maximum Gasteiger partial charge on any atom is 0.345 e. The van der Waals surface area contributed by atoms with Gasteiger partial charge in [-0.1, -0.05) is 23.2 Å². The lowest BCUT2D eigenvalue weighted by molar-refractivity contribution is -0.135. The Hall–Kier alpha value is -3.34. The summed E-state index contributed by atoms with van der Waals surface area (Å²) in [6.07, 6.45) is 2.49. The second-order valence-corrected chi connectivity index (χ2v) is 8.26. The van der Waals surface area contributed by atoms with Gasteiger partial charge < -0.3 is 14.2 Å². The number of rotatable bonds is 7. The Morgan fingerprint density at radius 2 is 1.94 bits per heavy atom. The zero-order valence-corrected chi connectivity index (χ0v) is 20.2. The molecule has 0 radical (unpaired) electrons. The van der Waals surface area contributed by atoms with Crippen LogP contribution in [0.5, 0.6) is 11.5 Å². The highest BCUT2D eigenvalue weighted by Crippen LogP contribution is 2.30. The van der Waals surface area contributed by atoms with Gasteiger partial charge in [-0.25, -0.2) is 9.59 Å². The minimum absolute atomic E-state index is 0.145. The van der Waals surface area contributed by atoms with Crippen LogP contribution in [-0.2, 0) is 14.3 Å². The number of amides is 1. The average Bonchev–Trinajstić information content (AvgIpc) is 3.14. The van der Waals surface area contributed by atoms with Crippen LogP contribution < -0.4 is 14.8 Å². The molecule has 12 heteroatoms. The summed E-state index contributed by atoms with van der Waals surface area (Å²) in [5, 5.41) is 11.1. The van der Waals surface area contributed by atoms with Crippen molar-refractivity contribution in [2.24, 2.45) is 10.2 Å². The fourth-order valence-corrected chi connectivity index (χ4v) is 3.78. The highest BCUT2D eigenvalue weighted by molar-refractivity contribution is 8.18. The van der Waals surface area contributed by atoms with E-state index in [9.17, 15) is 14.4 Å². The van der Waals surface area contributed by atoms with Crippen molar-refractivity contribution in [3.8, 4) is 11.5 Å². The molecule has 2 aromatic rings. The van der Waals surface area contributed by atoms with Crippen molar-refractivity contribution < 1.29 is 28.6 Å². The summed E-state index contributed by atoms with van der Waals surface area (Å²) in [4.78, 5) is 35.8. The van der Waals surface area contributed by atoms with Gasteiger partial charge in [0.2, 0.25) is 0 Å². The predicted octanol–water partition coefficient (Wildman–Crippen LogP) is 4.22. The summed E-state index contributed by atoms with van der Waals surface area (Å²) in [7, 11) is 1.21. The van der Waals surface area contributed by atoms with Crippen LogP contribution in [0.4, 0.5) is 0 Å². The lowest BCUT2D eigenvalue weighted by Crippen LogP contribution is -2.19. The number of hydrogen-bond acceptors (Lipinski definition) is 9. The number of halogens is 2. The summed E-state index contributed by atoms with van der Waals surface area (Å²) < 4.78 is 15.5. The molecular formula is C22H17Cl2N3O6S. The number of carbonyl (C=O) groups excluding carboxylic acids is 3. The predicted molar refractivity (Wildman–Crippen MR) is 130 cm³/mol. The number of benzene rings is 2. The van der Waals surface area contributed by atoms with Crippen LogP contribution in [0.2, 0.25) is 10.0 Å². The number of amidine groups is 1. The normalized spacial score (nSPS) is 15.6. The topological polar surface area (TPSA) is 116 Å². The van der Waals surface area contributed by atoms with E-state index in [2.05, 4.69) is 20.3 Å². The van der Waals surface area contributed by atoms with Crippen LogP contribution in [-0.4, -0.2) is 42.9 Å². The molecule has 1 N–H and O–H groups in total. The maximum absolute atomic E-state index is 12.5. The van der Waals surface area contributed by atoms with Crippen molar-refractivity contribution in [3.63, 3.8) is 0 Å². The number of ether oxygens (including phenoxy) is 3. The number of thioether (sulfide) groups is 1. The van der Waals surface area contributed by atoms with E-state index in [0.29, 0.717) is 22.9 Å². The van der Waals surface area contributed by atoms with Gasteiger partial charge in [0.05, 0.1) is 35.4 Å². The quantitative estimate of drug-likeness (QED) is 0.190. The van der Waals surface area contributed by atoms with Crippen molar-refractivity contribution >= 4 is 64.2 Å². The Morgan fingerprint density at radius 3 is 2.65 bits per heavy atom. The average molecular weight is 522 g/mol. The summed E-state index contributed by atoms with van der Waals surface area (Å²) in [5.41, 5.74) is 0.753. The van der Waals surface area contributed by atoms with Gasteiger partial charge in [-0.15, -0.1) is 5.10 Å². The van der Waals surface area contributed by atoms with Crippen LogP contribution in [0.15, 0.2) is 57.6 Å². The fraction of sp³-hybridized carbons (Fsp3) is 0.136. The van der Waals surface area contributed by atoms with E-state index in [4.69, 9.17) is 32.7 Å². The third kappa shape index (κ3) is 6.60. The number of nitrogens with zero attached hydrogens (tertiary/aromatic N) is 2. The molecule has 1 aliphatic rings. The van der Waals surface area contributed by atoms with Gasteiger partial charge in [-0.2, -0.15) is 5.10 Å². The van der Waals surface area contributed by atoms with Crippen LogP contribution in [0.1, 0.15) is 22.8 Å². The molecule has 1 amide bonds. The first-order chi connectivity index (χ1) is 16.3. The zero-order valence-electron chi connectivity index (χ0n) is 17.8. The monoisotopic (exact) mass is 521 g/mol. The third-order valence-corrected chi connectivity index (χ3v) is 5.53. The van der Waals surface area contributed by atoms with Gasteiger partial charge in [0.15, 0.2) is 16.7 Å². The number of methoxy groups -OCH3 is 1. The van der Waals surface area contributed by atoms with E-state index in [1.165, 1.54) is 31.5 Å². The van der Waals surface area contributed by atoms with Gasteiger partial charge in [0.1, 0.15) is 0 Å². The van der Waals surface area contributed by atoms with E-state index < -0.39 is 17.8 Å². The van der Waals surface area contributed by atoms with E-state index in [1.807, 2.05) is 0 Å². The van der Waals surface area contributed by atoms with Crippen molar-refractivity contribution in [3.05, 3.63) is 68.6 Å². The number of esters is 2. The smallest absolute Gasteiger partial charge is 0.345 e. The molecule has 34 heavy (non-hydrogen) atoms. The molecule has 3 rings (SSSR count). The van der Waals surface area contributed by atoms with Gasteiger partial charge in [0.25, 0.3) is 5.91 Å². The highest BCUT2D eigenvalue weighted by atomic mass is 35.5.